The topological polar surface area (TPSA) is 67.6 Å². The molecule has 3 aromatic rings. The number of pyridine rings is 1. The Morgan fingerprint density at radius 3 is 2.88 bits per heavy atom. The Balaban J connectivity index is 2.23. The number of anilines is 1. The Bertz CT molecular complexity index is 653. The Morgan fingerprint density at radius 1 is 1.25 bits per heavy atom. The highest BCUT2D eigenvalue weighted by Gasteiger charge is 2.09. The zero-order chi connectivity index (χ0) is 11.1. The van der Waals surface area contributed by atoms with Crippen LogP contribution in [0.5, 0.6) is 0 Å². The monoisotopic (exact) mass is 230 g/mol. The third kappa shape index (κ3) is 1.37. The SMILES string of the molecule is Cc1cscc1-c1nc2nc(N)ccc2[nH]1. The molecule has 0 saturated carbocycles. The van der Waals surface area contributed by atoms with E-state index in [0.29, 0.717) is 11.5 Å². The molecular weight excluding hydrogens is 220 g/mol. The van der Waals surface area contributed by atoms with E-state index in [9.17, 15) is 0 Å². The number of aromatic amines is 1. The Labute approximate surface area is 96.2 Å². The maximum atomic E-state index is 5.62. The van der Waals surface area contributed by atoms with E-state index in [0.717, 1.165) is 16.9 Å². The molecule has 16 heavy (non-hydrogen) atoms. The average molecular weight is 230 g/mol. The van der Waals surface area contributed by atoms with Gasteiger partial charge >= 0.3 is 0 Å². The number of rotatable bonds is 1. The fourth-order valence-electron chi connectivity index (χ4n) is 1.64. The van der Waals surface area contributed by atoms with Crippen molar-refractivity contribution in [1.29, 1.82) is 0 Å². The maximum absolute atomic E-state index is 5.62. The van der Waals surface area contributed by atoms with Crippen LogP contribution in [0.1, 0.15) is 5.56 Å². The lowest BCUT2D eigenvalue weighted by atomic mass is 10.2. The molecular formula is C11H10N4S. The van der Waals surface area contributed by atoms with Crippen LogP contribution >= 0.6 is 11.3 Å². The minimum atomic E-state index is 0.493. The summed E-state index contributed by atoms with van der Waals surface area (Å²) in [4.78, 5) is 11.9. The number of hydrogen-bond donors (Lipinski definition) is 2. The maximum Gasteiger partial charge on any atom is 0.180 e. The largest absolute Gasteiger partial charge is 0.384 e. The predicted molar refractivity (Wildman–Crippen MR) is 66.4 cm³/mol. The first-order chi connectivity index (χ1) is 7.74. The minimum absolute atomic E-state index is 0.493. The lowest BCUT2D eigenvalue weighted by molar-refractivity contribution is 1.30. The highest BCUT2D eigenvalue weighted by molar-refractivity contribution is 7.08. The highest BCUT2D eigenvalue weighted by Crippen LogP contribution is 2.26. The van der Waals surface area contributed by atoms with E-state index in [4.69, 9.17) is 5.73 Å². The number of aromatic nitrogens is 3. The summed E-state index contributed by atoms with van der Waals surface area (Å²) >= 11 is 1.67. The molecule has 0 aromatic carbocycles. The number of hydrogen-bond acceptors (Lipinski definition) is 4. The molecule has 0 spiro atoms. The molecule has 0 radical (unpaired) electrons. The van der Waals surface area contributed by atoms with Crippen LogP contribution in [-0.4, -0.2) is 15.0 Å². The second-order valence-corrected chi connectivity index (χ2v) is 4.40. The van der Waals surface area contributed by atoms with Crippen molar-refractivity contribution >= 4 is 28.3 Å². The summed E-state index contributed by atoms with van der Waals surface area (Å²) in [6.45, 7) is 2.07. The van der Waals surface area contributed by atoms with Crippen molar-refractivity contribution in [2.75, 3.05) is 5.73 Å². The van der Waals surface area contributed by atoms with Gasteiger partial charge in [-0.3, -0.25) is 0 Å². The van der Waals surface area contributed by atoms with Crippen LogP contribution in [0.3, 0.4) is 0 Å². The van der Waals surface area contributed by atoms with Crippen molar-refractivity contribution in [3.05, 3.63) is 28.5 Å². The summed E-state index contributed by atoms with van der Waals surface area (Å²) in [5.74, 6) is 1.35. The molecule has 3 N–H and O–H groups in total. The van der Waals surface area contributed by atoms with Crippen LogP contribution in [0.15, 0.2) is 22.9 Å². The van der Waals surface area contributed by atoms with Crippen LogP contribution in [0.25, 0.3) is 22.6 Å². The molecule has 0 bridgehead atoms. The van der Waals surface area contributed by atoms with Gasteiger partial charge in [0.25, 0.3) is 0 Å². The van der Waals surface area contributed by atoms with Gasteiger partial charge in [-0.25, -0.2) is 9.97 Å². The number of aryl methyl sites for hydroxylation is 1. The predicted octanol–water partition coefficient (Wildman–Crippen LogP) is 2.58. The summed E-state index contributed by atoms with van der Waals surface area (Å²) in [5.41, 5.74) is 9.54. The molecule has 5 heteroatoms. The number of H-pyrrole nitrogens is 1. The van der Waals surface area contributed by atoms with E-state index in [2.05, 4.69) is 32.6 Å². The molecule has 3 aromatic heterocycles. The fourth-order valence-corrected chi connectivity index (χ4v) is 2.47. The van der Waals surface area contributed by atoms with Gasteiger partial charge in [-0.15, -0.1) is 0 Å². The molecule has 0 amide bonds. The van der Waals surface area contributed by atoms with Gasteiger partial charge in [-0.05, 0) is 30.0 Å². The van der Waals surface area contributed by atoms with Crippen molar-refractivity contribution in [1.82, 2.24) is 15.0 Å². The van der Waals surface area contributed by atoms with Crippen LogP contribution in [0.2, 0.25) is 0 Å². The molecule has 0 fully saturated rings. The molecule has 0 saturated heterocycles. The Hall–Kier alpha value is -1.88. The summed E-state index contributed by atoms with van der Waals surface area (Å²) in [6, 6.07) is 3.67. The Kier molecular flexibility index (Phi) is 1.94. The van der Waals surface area contributed by atoms with E-state index < -0.39 is 0 Å². The van der Waals surface area contributed by atoms with Gasteiger partial charge in [0.1, 0.15) is 11.6 Å². The van der Waals surface area contributed by atoms with E-state index in [-0.39, 0.29) is 0 Å². The van der Waals surface area contributed by atoms with E-state index in [1.807, 2.05) is 6.07 Å². The average Bonchev–Trinajstić information content (AvgIpc) is 2.82. The summed E-state index contributed by atoms with van der Waals surface area (Å²) in [5, 5.41) is 4.18. The van der Waals surface area contributed by atoms with Crippen molar-refractivity contribution in [2.45, 2.75) is 6.92 Å². The van der Waals surface area contributed by atoms with Crippen LogP contribution in [-0.2, 0) is 0 Å². The highest BCUT2D eigenvalue weighted by atomic mass is 32.1. The quantitative estimate of drug-likeness (QED) is 0.675. The smallest absolute Gasteiger partial charge is 0.180 e. The number of fused-ring (bicyclic) bond motifs is 1. The lowest BCUT2D eigenvalue weighted by Gasteiger charge is -1.91. The zero-order valence-electron chi connectivity index (χ0n) is 8.69. The number of thiophene rings is 1. The number of nitrogens with one attached hydrogen (secondary N) is 1. The van der Waals surface area contributed by atoms with E-state index in [1.54, 1.807) is 17.4 Å². The molecule has 0 atom stereocenters. The molecule has 0 aliphatic rings. The zero-order valence-corrected chi connectivity index (χ0v) is 9.51. The molecule has 0 unspecified atom stereocenters. The molecule has 3 rings (SSSR count). The first kappa shape index (κ1) is 9.35. The van der Waals surface area contributed by atoms with Crippen molar-refractivity contribution in [2.24, 2.45) is 0 Å². The van der Waals surface area contributed by atoms with Gasteiger partial charge in [0.15, 0.2) is 5.65 Å². The van der Waals surface area contributed by atoms with Gasteiger partial charge in [0.2, 0.25) is 0 Å². The van der Waals surface area contributed by atoms with E-state index >= 15 is 0 Å². The molecule has 0 aliphatic carbocycles. The van der Waals surface area contributed by atoms with Gasteiger partial charge in [0, 0.05) is 10.9 Å². The third-order valence-corrected chi connectivity index (χ3v) is 3.34. The molecule has 0 aliphatic heterocycles. The second-order valence-electron chi connectivity index (χ2n) is 3.66. The summed E-state index contributed by atoms with van der Waals surface area (Å²) < 4.78 is 0. The van der Waals surface area contributed by atoms with Gasteiger partial charge in [0.05, 0.1) is 5.52 Å². The molecule has 4 nitrogen and oxygen atoms in total. The first-order valence-corrected chi connectivity index (χ1v) is 5.84. The number of nitrogens with zero attached hydrogens (tertiary/aromatic N) is 2. The van der Waals surface area contributed by atoms with E-state index in [1.165, 1.54) is 5.56 Å². The summed E-state index contributed by atoms with van der Waals surface area (Å²) in [7, 11) is 0. The number of imidazole rings is 1. The van der Waals surface area contributed by atoms with Crippen LogP contribution in [0, 0.1) is 6.92 Å². The fraction of sp³-hybridized carbons (Fsp3) is 0.0909. The van der Waals surface area contributed by atoms with Crippen LogP contribution < -0.4 is 5.73 Å². The second kappa shape index (κ2) is 3.31. The van der Waals surface area contributed by atoms with Gasteiger partial charge in [-0.1, -0.05) is 0 Å². The van der Waals surface area contributed by atoms with Gasteiger partial charge in [-0.2, -0.15) is 11.3 Å². The van der Waals surface area contributed by atoms with Gasteiger partial charge < -0.3 is 10.7 Å². The minimum Gasteiger partial charge on any atom is -0.384 e. The number of nitrogens with two attached hydrogens (primary N) is 1. The van der Waals surface area contributed by atoms with Crippen molar-refractivity contribution in [3.63, 3.8) is 0 Å². The number of nitrogen functional groups attached to an aromatic ring is 1. The van der Waals surface area contributed by atoms with Crippen molar-refractivity contribution in [3.8, 4) is 11.4 Å². The van der Waals surface area contributed by atoms with Crippen LogP contribution in [0.4, 0.5) is 5.82 Å². The van der Waals surface area contributed by atoms with Crippen molar-refractivity contribution < 1.29 is 0 Å². The summed E-state index contributed by atoms with van der Waals surface area (Å²) in [6.07, 6.45) is 0. The Morgan fingerprint density at radius 2 is 2.12 bits per heavy atom. The third-order valence-electron chi connectivity index (χ3n) is 2.48. The molecule has 80 valence electrons. The standard InChI is InChI=1S/C11H10N4S/c1-6-4-16-5-7(6)10-13-8-2-3-9(12)14-11(8)15-10/h2-5H,1H3,(H3,12,13,14,15). The molecule has 3 heterocycles. The normalized spacial score (nSPS) is 11.1. The lowest BCUT2D eigenvalue weighted by Crippen LogP contribution is -1.88. The first-order valence-electron chi connectivity index (χ1n) is 4.89.